The van der Waals surface area contributed by atoms with Crippen molar-refractivity contribution in [3.05, 3.63) is 34.0 Å². The van der Waals surface area contributed by atoms with Gasteiger partial charge in [0.25, 0.3) is 5.56 Å². The van der Waals surface area contributed by atoms with Crippen LogP contribution in [0.25, 0.3) is 11.4 Å². The lowest BCUT2D eigenvalue weighted by atomic mass is 10.0. The molecule has 0 aromatic carbocycles. The molecule has 2 aromatic rings. The number of H-pyrrole nitrogens is 1. The van der Waals surface area contributed by atoms with Crippen molar-refractivity contribution < 1.29 is 0 Å². The normalized spacial score (nSPS) is 11.5. The maximum absolute atomic E-state index is 12.1. The van der Waals surface area contributed by atoms with Crippen LogP contribution < -0.4 is 5.56 Å². The van der Waals surface area contributed by atoms with Gasteiger partial charge in [0, 0.05) is 23.5 Å². The van der Waals surface area contributed by atoms with Crippen LogP contribution in [-0.4, -0.2) is 19.7 Å². The van der Waals surface area contributed by atoms with E-state index < -0.39 is 0 Å². The van der Waals surface area contributed by atoms with Crippen LogP contribution >= 0.6 is 0 Å². The van der Waals surface area contributed by atoms with E-state index in [9.17, 15) is 4.79 Å². The first-order valence-electron chi connectivity index (χ1n) is 6.55. The zero-order chi connectivity index (χ0) is 14.2. The Morgan fingerprint density at radius 2 is 1.95 bits per heavy atom. The van der Waals surface area contributed by atoms with Gasteiger partial charge in [0.15, 0.2) is 0 Å². The van der Waals surface area contributed by atoms with E-state index in [1.165, 1.54) is 0 Å². The van der Waals surface area contributed by atoms with Crippen LogP contribution in [0.3, 0.4) is 0 Å². The molecule has 0 unspecified atom stereocenters. The Morgan fingerprint density at radius 3 is 2.42 bits per heavy atom. The van der Waals surface area contributed by atoms with Gasteiger partial charge >= 0.3 is 0 Å². The van der Waals surface area contributed by atoms with Gasteiger partial charge in [-0.2, -0.15) is 5.10 Å². The summed E-state index contributed by atoms with van der Waals surface area (Å²) in [7, 11) is 0. The number of nitrogens with one attached hydrogen (secondary N) is 1. The third kappa shape index (κ3) is 2.59. The Labute approximate surface area is 112 Å². The van der Waals surface area contributed by atoms with Crippen molar-refractivity contribution in [3.63, 3.8) is 0 Å². The van der Waals surface area contributed by atoms with Crippen LogP contribution in [0.4, 0.5) is 0 Å². The van der Waals surface area contributed by atoms with Gasteiger partial charge in [0.1, 0.15) is 5.82 Å². The van der Waals surface area contributed by atoms with Gasteiger partial charge < -0.3 is 4.98 Å². The van der Waals surface area contributed by atoms with E-state index in [1.54, 1.807) is 6.20 Å². The monoisotopic (exact) mass is 260 g/mol. The molecule has 2 heterocycles. The van der Waals surface area contributed by atoms with Crippen LogP contribution in [0.15, 0.2) is 17.2 Å². The average molecular weight is 260 g/mol. The summed E-state index contributed by atoms with van der Waals surface area (Å²) >= 11 is 0. The summed E-state index contributed by atoms with van der Waals surface area (Å²) < 4.78 is 1.85. The second-order valence-corrected chi connectivity index (χ2v) is 5.37. The third-order valence-electron chi connectivity index (χ3n) is 3.13. The fraction of sp³-hybridized carbons (Fsp3) is 0.500. The van der Waals surface area contributed by atoms with E-state index in [-0.39, 0.29) is 17.5 Å². The lowest BCUT2D eigenvalue weighted by Gasteiger charge is -2.08. The lowest BCUT2D eigenvalue weighted by Crippen LogP contribution is -2.18. The molecule has 0 bridgehead atoms. The molecule has 5 heteroatoms. The Kier molecular flexibility index (Phi) is 3.55. The molecule has 1 N–H and O–H groups in total. The molecule has 0 amide bonds. The van der Waals surface area contributed by atoms with Crippen LogP contribution in [0.5, 0.6) is 0 Å². The minimum Gasteiger partial charge on any atom is -0.306 e. The Balaban J connectivity index is 2.49. The quantitative estimate of drug-likeness (QED) is 0.922. The van der Waals surface area contributed by atoms with E-state index >= 15 is 0 Å². The number of rotatable bonds is 3. The topological polar surface area (TPSA) is 63.6 Å². The summed E-state index contributed by atoms with van der Waals surface area (Å²) in [6.07, 6.45) is 3.63. The van der Waals surface area contributed by atoms with E-state index in [4.69, 9.17) is 0 Å². The second kappa shape index (κ2) is 4.99. The van der Waals surface area contributed by atoms with Gasteiger partial charge in [-0.3, -0.25) is 9.48 Å². The van der Waals surface area contributed by atoms with Crippen molar-refractivity contribution in [2.24, 2.45) is 0 Å². The number of hydrogen-bond acceptors (Lipinski definition) is 3. The first-order valence-corrected chi connectivity index (χ1v) is 6.55. The molecular weight excluding hydrogens is 240 g/mol. The largest absolute Gasteiger partial charge is 0.306 e. The number of hydrogen-bond donors (Lipinski definition) is 1. The first kappa shape index (κ1) is 13.5. The lowest BCUT2D eigenvalue weighted by molar-refractivity contribution is 0.532. The van der Waals surface area contributed by atoms with E-state index in [0.717, 1.165) is 16.8 Å². The minimum absolute atomic E-state index is 0.0604. The summed E-state index contributed by atoms with van der Waals surface area (Å²) in [6, 6.07) is 0.288. The molecule has 102 valence electrons. The maximum Gasteiger partial charge on any atom is 0.254 e. The van der Waals surface area contributed by atoms with Crippen molar-refractivity contribution >= 4 is 0 Å². The molecule has 0 fully saturated rings. The van der Waals surface area contributed by atoms with Gasteiger partial charge in [-0.25, -0.2) is 4.98 Å². The molecule has 0 atom stereocenters. The van der Waals surface area contributed by atoms with E-state index in [0.29, 0.717) is 5.82 Å². The number of nitrogens with zero attached hydrogens (tertiary/aromatic N) is 3. The molecule has 2 aromatic heterocycles. The number of aromatic amines is 1. The van der Waals surface area contributed by atoms with Gasteiger partial charge in [-0.1, -0.05) is 13.8 Å². The van der Waals surface area contributed by atoms with E-state index in [1.807, 2.05) is 31.6 Å². The highest BCUT2D eigenvalue weighted by Gasteiger charge is 2.13. The predicted octanol–water partition coefficient (Wildman–Crippen LogP) is 2.65. The van der Waals surface area contributed by atoms with Crippen LogP contribution in [0.2, 0.25) is 0 Å². The second-order valence-electron chi connectivity index (χ2n) is 5.37. The highest BCUT2D eigenvalue weighted by Crippen LogP contribution is 2.18. The molecule has 2 rings (SSSR count). The SMILES string of the molecule is Cc1nc(-c2cnn(C(C)C)c2)[nH]c(=O)c1C(C)C. The summed E-state index contributed by atoms with van der Waals surface area (Å²) in [4.78, 5) is 19.4. The van der Waals surface area contributed by atoms with Crippen molar-refractivity contribution in [1.29, 1.82) is 0 Å². The minimum atomic E-state index is -0.0604. The zero-order valence-electron chi connectivity index (χ0n) is 12.1. The molecule has 0 radical (unpaired) electrons. The Bertz CT molecular complexity index is 637. The van der Waals surface area contributed by atoms with Gasteiger partial charge in [-0.15, -0.1) is 0 Å². The summed E-state index contributed by atoms with van der Waals surface area (Å²) in [5.41, 5.74) is 2.31. The summed E-state index contributed by atoms with van der Waals surface area (Å²) in [6.45, 7) is 9.98. The fourth-order valence-corrected chi connectivity index (χ4v) is 2.15. The predicted molar refractivity (Wildman–Crippen MR) is 75.3 cm³/mol. The molecular formula is C14H20N4O. The fourth-order valence-electron chi connectivity index (χ4n) is 2.15. The zero-order valence-corrected chi connectivity index (χ0v) is 12.1. The van der Waals surface area contributed by atoms with Crippen LogP contribution in [0.1, 0.15) is 50.9 Å². The molecule has 19 heavy (non-hydrogen) atoms. The Hall–Kier alpha value is -1.91. The molecule has 0 aliphatic rings. The summed E-state index contributed by atoms with van der Waals surface area (Å²) in [5.74, 6) is 0.752. The Morgan fingerprint density at radius 1 is 1.26 bits per heavy atom. The van der Waals surface area contributed by atoms with Gasteiger partial charge in [0.2, 0.25) is 0 Å². The number of aromatic nitrogens is 4. The smallest absolute Gasteiger partial charge is 0.254 e. The van der Waals surface area contributed by atoms with Crippen molar-refractivity contribution in [2.75, 3.05) is 0 Å². The molecule has 5 nitrogen and oxygen atoms in total. The molecule has 0 aliphatic carbocycles. The van der Waals surface area contributed by atoms with Crippen LogP contribution in [0, 0.1) is 6.92 Å². The molecule has 0 aliphatic heterocycles. The highest BCUT2D eigenvalue weighted by molar-refractivity contribution is 5.52. The molecule has 0 saturated heterocycles. The van der Waals surface area contributed by atoms with Crippen molar-refractivity contribution in [1.82, 2.24) is 19.7 Å². The summed E-state index contributed by atoms with van der Waals surface area (Å²) in [5, 5.41) is 4.26. The molecule has 0 spiro atoms. The standard InChI is InChI=1S/C14H20N4O/c1-8(2)12-10(5)16-13(17-14(12)19)11-6-15-18(7-11)9(3)4/h6-9H,1-5H3,(H,16,17,19). The van der Waals surface area contributed by atoms with Gasteiger partial charge in [0.05, 0.1) is 11.8 Å². The molecule has 0 saturated carbocycles. The van der Waals surface area contributed by atoms with Gasteiger partial charge in [-0.05, 0) is 26.7 Å². The maximum atomic E-state index is 12.1. The van der Waals surface area contributed by atoms with Crippen molar-refractivity contribution in [3.8, 4) is 11.4 Å². The highest BCUT2D eigenvalue weighted by atomic mass is 16.1. The first-order chi connectivity index (χ1) is 8.90. The average Bonchev–Trinajstić information content (AvgIpc) is 2.76. The number of aryl methyl sites for hydroxylation is 1. The van der Waals surface area contributed by atoms with Crippen LogP contribution in [-0.2, 0) is 0 Å². The third-order valence-corrected chi connectivity index (χ3v) is 3.13. The van der Waals surface area contributed by atoms with E-state index in [2.05, 4.69) is 28.9 Å². The van der Waals surface area contributed by atoms with Crippen molar-refractivity contribution in [2.45, 2.75) is 46.6 Å².